The second-order valence-electron chi connectivity index (χ2n) is 6.49. The quantitative estimate of drug-likeness (QED) is 0.913. The van der Waals surface area contributed by atoms with Crippen molar-refractivity contribution in [3.05, 3.63) is 47.5 Å². The normalized spacial score (nSPS) is 11.7. The Morgan fingerprint density at radius 3 is 2.62 bits per heavy atom. The van der Waals surface area contributed by atoms with Gasteiger partial charge in [0.25, 0.3) is 0 Å². The summed E-state index contributed by atoms with van der Waals surface area (Å²) >= 11 is 0. The van der Waals surface area contributed by atoms with Crippen molar-refractivity contribution in [1.29, 1.82) is 0 Å². The summed E-state index contributed by atoms with van der Waals surface area (Å²) in [7, 11) is 2.03. The minimum Gasteiger partial charge on any atom is -0.464 e. The smallest absolute Gasteiger partial charge is 0.128 e. The number of nitrogens with zero attached hydrogens (tertiary/aromatic N) is 2. The van der Waals surface area contributed by atoms with E-state index in [-0.39, 0.29) is 5.54 Å². The lowest BCUT2D eigenvalue weighted by Gasteiger charge is -2.21. The van der Waals surface area contributed by atoms with E-state index in [1.54, 1.807) is 0 Å². The molecule has 21 heavy (non-hydrogen) atoms. The number of aryl methyl sites for hydroxylation is 1. The van der Waals surface area contributed by atoms with Crippen molar-refractivity contribution in [1.82, 2.24) is 10.3 Å². The van der Waals surface area contributed by atoms with Crippen molar-refractivity contribution in [2.75, 3.05) is 11.9 Å². The zero-order chi connectivity index (χ0) is 15.5. The first-order valence-electron chi connectivity index (χ1n) is 7.30. The molecule has 0 aliphatic carbocycles. The van der Waals surface area contributed by atoms with Crippen LogP contribution in [-0.2, 0) is 13.1 Å². The molecular formula is C17H25N3O. The first-order valence-corrected chi connectivity index (χ1v) is 7.30. The number of hydrogen-bond donors (Lipinski definition) is 1. The molecule has 114 valence electrons. The number of hydrogen-bond acceptors (Lipinski definition) is 4. The highest BCUT2D eigenvalue weighted by Gasteiger charge is 2.10. The lowest BCUT2D eigenvalue weighted by Crippen LogP contribution is -2.35. The number of nitrogens with one attached hydrogen (secondary N) is 1. The van der Waals surface area contributed by atoms with Crippen LogP contribution in [0, 0.1) is 6.92 Å². The fourth-order valence-corrected chi connectivity index (χ4v) is 2.03. The molecule has 0 radical (unpaired) electrons. The molecule has 2 rings (SSSR count). The Hall–Kier alpha value is -1.81. The summed E-state index contributed by atoms with van der Waals surface area (Å²) in [6, 6.07) is 8.17. The first-order chi connectivity index (χ1) is 9.83. The summed E-state index contributed by atoms with van der Waals surface area (Å²) < 4.78 is 5.62. The van der Waals surface area contributed by atoms with E-state index in [9.17, 15) is 0 Å². The van der Waals surface area contributed by atoms with Gasteiger partial charge in [-0.1, -0.05) is 0 Å². The van der Waals surface area contributed by atoms with Crippen LogP contribution in [0.5, 0.6) is 0 Å². The van der Waals surface area contributed by atoms with Gasteiger partial charge in [-0.3, -0.25) is 0 Å². The summed E-state index contributed by atoms with van der Waals surface area (Å²) in [5, 5.41) is 3.49. The Kier molecular flexibility index (Phi) is 4.68. The van der Waals surface area contributed by atoms with Gasteiger partial charge in [-0.15, -0.1) is 0 Å². The molecule has 2 aromatic heterocycles. The predicted molar refractivity (Wildman–Crippen MR) is 86.4 cm³/mol. The number of pyridine rings is 1. The number of rotatable bonds is 5. The number of aromatic nitrogens is 1. The molecule has 2 aromatic rings. The van der Waals surface area contributed by atoms with Crippen molar-refractivity contribution in [3.63, 3.8) is 0 Å². The summed E-state index contributed by atoms with van der Waals surface area (Å²) in [5.41, 5.74) is 1.35. The van der Waals surface area contributed by atoms with Gasteiger partial charge in [0.15, 0.2) is 0 Å². The summed E-state index contributed by atoms with van der Waals surface area (Å²) in [6.07, 6.45) is 1.86. The van der Waals surface area contributed by atoms with E-state index in [1.165, 1.54) is 5.56 Å². The first kappa shape index (κ1) is 15.6. The molecule has 4 heteroatoms. The fraction of sp³-hybridized carbons (Fsp3) is 0.471. The Morgan fingerprint density at radius 2 is 2.00 bits per heavy atom. The van der Waals surface area contributed by atoms with Gasteiger partial charge in [0.2, 0.25) is 0 Å². The van der Waals surface area contributed by atoms with E-state index < -0.39 is 0 Å². The van der Waals surface area contributed by atoms with Gasteiger partial charge in [-0.2, -0.15) is 0 Å². The average molecular weight is 287 g/mol. The second-order valence-corrected chi connectivity index (χ2v) is 6.49. The van der Waals surface area contributed by atoms with Gasteiger partial charge in [0, 0.05) is 25.3 Å². The fourth-order valence-electron chi connectivity index (χ4n) is 2.03. The molecule has 0 unspecified atom stereocenters. The van der Waals surface area contributed by atoms with E-state index in [1.807, 2.05) is 38.4 Å². The SMILES string of the molecule is Cc1ccc(CN(C)c2cc(CNC(C)(C)C)ccn2)o1. The molecule has 0 spiro atoms. The molecule has 1 N–H and O–H groups in total. The number of anilines is 1. The van der Waals surface area contributed by atoms with Gasteiger partial charge in [-0.25, -0.2) is 4.98 Å². The maximum Gasteiger partial charge on any atom is 0.128 e. The maximum atomic E-state index is 5.62. The van der Waals surface area contributed by atoms with Gasteiger partial charge < -0.3 is 14.6 Å². The minimum absolute atomic E-state index is 0.112. The van der Waals surface area contributed by atoms with Gasteiger partial charge in [0.05, 0.1) is 6.54 Å². The average Bonchev–Trinajstić information content (AvgIpc) is 2.81. The van der Waals surface area contributed by atoms with Gasteiger partial charge >= 0.3 is 0 Å². The summed E-state index contributed by atoms with van der Waals surface area (Å²) in [5.74, 6) is 2.85. The minimum atomic E-state index is 0.112. The Morgan fingerprint density at radius 1 is 1.24 bits per heavy atom. The number of furan rings is 1. The van der Waals surface area contributed by atoms with Crippen LogP contribution in [0.2, 0.25) is 0 Å². The van der Waals surface area contributed by atoms with E-state index in [0.29, 0.717) is 0 Å². The van der Waals surface area contributed by atoms with Crippen LogP contribution < -0.4 is 10.2 Å². The lowest BCUT2D eigenvalue weighted by atomic mass is 10.1. The second kappa shape index (κ2) is 6.31. The Labute approximate surface area is 127 Å². The maximum absolute atomic E-state index is 5.62. The van der Waals surface area contributed by atoms with Crippen LogP contribution in [0.15, 0.2) is 34.9 Å². The van der Waals surface area contributed by atoms with E-state index in [0.717, 1.165) is 30.4 Å². The van der Waals surface area contributed by atoms with Crippen molar-refractivity contribution in [2.24, 2.45) is 0 Å². The molecule has 0 bridgehead atoms. The van der Waals surface area contributed by atoms with Crippen LogP contribution >= 0.6 is 0 Å². The summed E-state index contributed by atoms with van der Waals surface area (Å²) in [4.78, 5) is 6.54. The highest BCUT2D eigenvalue weighted by atomic mass is 16.3. The molecule has 0 aliphatic heterocycles. The van der Waals surface area contributed by atoms with Crippen LogP contribution in [0.3, 0.4) is 0 Å². The zero-order valence-corrected chi connectivity index (χ0v) is 13.6. The molecular weight excluding hydrogens is 262 g/mol. The standard InChI is InChI=1S/C17H25N3O/c1-13-6-7-15(21-13)12-20(5)16-10-14(8-9-18-16)11-19-17(2,3)4/h6-10,19H,11-12H2,1-5H3. The van der Waals surface area contributed by atoms with Crippen molar-refractivity contribution in [2.45, 2.75) is 46.3 Å². The van der Waals surface area contributed by atoms with Crippen molar-refractivity contribution < 1.29 is 4.42 Å². The highest BCUT2D eigenvalue weighted by molar-refractivity contribution is 5.40. The van der Waals surface area contributed by atoms with Crippen molar-refractivity contribution >= 4 is 5.82 Å². The lowest BCUT2D eigenvalue weighted by molar-refractivity contribution is 0.424. The largest absolute Gasteiger partial charge is 0.464 e. The van der Waals surface area contributed by atoms with E-state index >= 15 is 0 Å². The molecule has 0 fully saturated rings. The molecule has 0 aromatic carbocycles. The molecule has 0 amide bonds. The molecule has 4 nitrogen and oxygen atoms in total. The van der Waals surface area contributed by atoms with Crippen LogP contribution in [0.1, 0.15) is 37.9 Å². The highest BCUT2D eigenvalue weighted by Crippen LogP contribution is 2.16. The molecule has 0 saturated carbocycles. The third-order valence-corrected chi connectivity index (χ3v) is 3.21. The van der Waals surface area contributed by atoms with Crippen LogP contribution in [0.25, 0.3) is 0 Å². The molecule has 0 aliphatic rings. The van der Waals surface area contributed by atoms with E-state index in [4.69, 9.17) is 4.42 Å². The third kappa shape index (κ3) is 4.90. The van der Waals surface area contributed by atoms with E-state index in [2.05, 4.69) is 42.0 Å². The third-order valence-electron chi connectivity index (χ3n) is 3.21. The Balaban J connectivity index is 2.02. The van der Waals surface area contributed by atoms with Gasteiger partial charge in [0.1, 0.15) is 17.3 Å². The van der Waals surface area contributed by atoms with Crippen LogP contribution in [0.4, 0.5) is 5.82 Å². The van der Waals surface area contributed by atoms with Gasteiger partial charge in [-0.05, 0) is 57.5 Å². The Bertz CT molecular complexity index is 584. The summed E-state index contributed by atoms with van der Waals surface area (Å²) in [6.45, 7) is 10.0. The van der Waals surface area contributed by atoms with Crippen molar-refractivity contribution in [3.8, 4) is 0 Å². The molecule has 0 saturated heterocycles. The topological polar surface area (TPSA) is 41.3 Å². The predicted octanol–water partition coefficient (Wildman–Crippen LogP) is 3.51. The molecule has 0 atom stereocenters. The zero-order valence-electron chi connectivity index (χ0n) is 13.6. The molecule has 2 heterocycles. The van der Waals surface area contributed by atoms with Crippen LogP contribution in [-0.4, -0.2) is 17.6 Å². The monoisotopic (exact) mass is 287 g/mol.